The van der Waals surface area contributed by atoms with Gasteiger partial charge >= 0.3 is 0 Å². The number of halogens is 1. The second-order valence-corrected chi connectivity index (χ2v) is 11.2. The summed E-state index contributed by atoms with van der Waals surface area (Å²) in [7, 11) is 0. The van der Waals surface area contributed by atoms with Crippen LogP contribution in [-0.4, -0.2) is 41.4 Å². The Bertz CT molecular complexity index is 1880. The Hall–Kier alpha value is -4.40. The molecule has 5 heterocycles. The number of nitrogens with two attached hydrogens (primary N) is 1. The number of fused-ring (bicyclic) bond motifs is 2. The predicted molar refractivity (Wildman–Crippen MR) is 161 cm³/mol. The zero-order valence-electron chi connectivity index (χ0n) is 22.7. The lowest BCUT2D eigenvalue weighted by molar-refractivity contribution is 0.0727. The van der Waals surface area contributed by atoms with E-state index in [2.05, 4.69) is 67.4 Å². The lowest BCUT2D eigenvalue weighted by atomic mass is 10.1. The van der Waals surface area contributed by atoms with Crippen LogP contribution in [0.1, 0.15) is 51.5 Å². The molecule has 206 valence electrons. The molecule has 1 saturated heterocycles. The largest absolute Gasteiger partial charge is 0.346 e. The molecule has 41 heavy (non-hydrogen) atoms. The monoisotopic (exact) mass is 563 g/mol. The highest BCUT2D eigenvalue weighted by atomic mass is 35.5. The van der Waals surface area contributed by atoms with Crippen LogP contribution in [0.15, 0.2) is 85.5 Å². The van der Waals surface area contributed by atoms with Gasteiger partial charge in [0.15, 0.2) is 0 Å². The Morgan fingerprint density at radius 1 is 1.07 bits per heavy atom. The number of carbonyl (C=O) groups excluding carboxylic acids is 1. The maximum atomic E-state index is 14.2. The number of amides is 1. The van der Waals surface area contributed by atoms with Crippen molar-refractivity contribution in [2.75, 3.05) is 6.54 Å². The van der Waals surface area contributed by atoms with Crippen molar-refractivity contribution in [1.29, 1.82) is 0 Å². The standard InChI is InChI=1S/C32H30ClN7O/c1-20-2-7-27-23(12-20)14-28(39(27)18-21-3-5-25(33)6-4-21)29-15-26(38-11-10-35-30(38)16-34)19-40(29)32(41)24-13-22-8-9-36-31(22)37-17-24/h2-14,17,26,29H,15-16,18-19,34H2,1H3,(H,36,37)/t26-,29+/m0/s1. The summed E-state index contributed by atoms with van der Waals surface area (Å²) in [4.78, 5) is 28.3. The van der Waals surface area contributed by atoms with Crippen molar-refractivity contribution in [1.82, 2.24) is 29.0 Å². The van der Waals surface area contributed by atoms with Gasteiger partial charge < -0.3 is 24.8 Å². The van der Waals surface area contributed by atoms with Crippen molar-refractivity contribution in [3.63, 3.8) is 0 Å². The van der Waals surface area contributed by atoms with Crippen molar-refractivity contribution in [3.8, 4) is 0 Å². The maximum Gasteiger partial charge on any atom is 0.256 e. The van der Waals surface area contributed by atoms with E-state index < -0.39 is 0 Å². The number of nitrogens with one attached hydrogen (secondary N) is 1. The third kappa shape index (κ3) is 4.59. The number of nitrogens with zero attached hydrogens (tertiary/aromatic N) is 5. The number of H-pyrrole nitrogens is 1. The normalized spacial score (nSPS) is 17.2. The third-order valence-electron chi connectivity index (χ3n) is 8.20. The van der Waals surface area contributed by atoms with E-state index in [1.807, 2.05) is 41.6 Å². The highest BCUT2D eigenvalue weighted by Crippen LogP contribution is 2.41. The smallest absolute Gasteiger partial charge is 0.256 e. The van der Waals surface area contributed by atoms with Crippen LogP contribution in [0.25, 0.3) is 21.9 Å². The highest BCUT2D eigenvalue weighted by molar-refractivity contribution is 6.30. The molecule has 9 heteroatoms. The second kappa shape index (κ2) is 10.2. The minimum absolute atomic E-state index is 0.0395. The number of aromatic nitrogens is 5. The molecule has 1 amide bonds. The average Bonchev–Trinajstić information content (AvgIpc) is 3.78. The number of aryl methyl sites for hydroxylation is 1. The van der Waals surface area contributed by atoms with Gasteiger partial charge in [-0.1, -0.05) is 35.4 Å². The van der Waals surface area contributed by atoms with E-state index in [1.165, 1.54) is 5.56 Å². The summed E-state index contributed by atoms with van der Waals surface area (Å²) >= 11 is 6.20. The number of hydrogen-bond donors (Lipinski definition) is 2. The van der Waals surface area contributed by atoms with Crippen molar-refractivity contribution in [2.24, 2.45) is 5.73 Å². The summed E-state index contributed by atoms with van der Waals surface area (Å²) in [5, 5.41) is 2.78. The number of imidazole rings is 1. The molecular formula is C32H30ClN7O. The molecule has 1 aliphatic heterocycles. The Kier molecular flexibility index (Phi) is 6.37. The predicted octanol–water partition coefficient (Wildman–Crippen LogP) is 6.01. The lowest BCUT2D eigenvalue weighted by Gasteiger charge is -2.26. The molecule has 2 aromatic carbocycles. The molecule has 2 atom stereocenters. The summed E-state index contributed by atoms with van der Waals surface area (Å²) < 4.78 is 4.47. The molecule has 1 aliphatic rings. The van der Waals surface area contributed by atoms with Crippen molar-refractivity contribution < 1.29 is 4.79 Å². The first kappa shape index (κ1) is 25.6. The zero-order chi connectivity index (χ0) is 28.1. The molecule has 0 saturated carbocycles. The molecule has 0 spiro atoms. The van der Waals surface area contributed by atoms with Gasteiger partial charge in [-0.2, -0.15) is 0 Å². The quantitative estimate of drug-likeness (QED) is 0.259. The molecule has 3 N–H and O–H groups in total. The van der Waals surface area contributed by atoms with E-state index in [9.17, 15) is 4.79 Å². The lowest BCUT2D eigenvalue weighted by Crippen LogP contribution is -2.32. The topological polar surface area (TPSA) is 97.8 Å². The number of likely N-dealkylation sites (tertiary alicyclic amines) is 1. The molecule has 8 nitrogen and oxygen atoms in total. The second-order valence-electron chi connectivity index (χ2n) is 10.8. The molecule has 0 bridgehead atoms. The Balaban J connectivity index is 1.35. The van der Waals surface area contributed by atoms with E-state index in [4.69, 9.17) is 17.3 Å². The van der Waals surface area contributed by atoms with Crippen LogP contribution in [0.4, 0.5) is 0 Å². The zero-order valence-corrected chi connectivity index (χ0v) is 23.4. The fraction of sp³-hybridized carbons (Fsp3) is 0.219. The number of benzene rings is 2. The maximum absolute atomic E-state index is 14.2. The number of rotatable bonds is 6. The molecule has 1 fully saturated rings. The van der Waals surface area contributed by atoms with Crippen LogP contribution < -0.4 is 5.73 Å². The fourth-order valence-corrected chi connectivity index (χ4v) is 6.34. The van der Waals surface area contributed by atoms with Crippen molar-refractivity contribution in [3.05, 3.63) is 119 Å². The Labute approximate surface area is 242 Å². The summed E-state index contributed by atoms with van der Waals surface area (Å²) in [5.74, 6) is 0.776. The average molecular weight is 564 g/mol. The molecular weight excluding hydrogens is 534 g/mol. The number of hydrogen-bond acceptors (Lipinski definition) is 4. The van der Waals surface area contributed by atoms with Crippen LogP contribution in [0.5, 0.6) is 0 Å². The van der Waals surface area contributed by atoms with Gasteiger partial charge in [0.25, 0.3) is 5.91 Å². The van der Waals surface area contributed by atoms with Crippen LogP contribution in [0.2, 0.25) is 5.02 Å². The summed E-state index contributed by atoms with van der Waals surface area (Å²) in [6, 6.07) is 20.5. The van der Waals surface area contributed by atoms with Crippen LogP contribution in [0, 0.1) is 6.92 Å². The van der Waals surface area contributed by atoms with E-state index in [1.54, 1.807) is 12.4 Å². The summed E-state index contributed by atoms with van der Waals surface area (Å²) in [6.45, 7) is 3.65. The van der Waals surface area contributed by atoms with Crippen LogP contribution in [-0.2, 0) is 13.1 Å². The van der Waals surface area contributed by atoms with Gasteiger partial charge in [0, 0.05) is 64.9 Å². The molecule has 4 aromatic heterocycles. The van der Waals surface area contributed by atoms with Crippen LogP contribution >= 0.6 is 11.6 Å². The first-order valence-corrected chi connectivity index (χ1v) is 14.2. The number of aromatic amines is 1. The minimum atomic E-state index is -0.164. The van der Waals surface area contributed by atoms with Crippen LogP contribution in [0.3, 0.4) is 0 Å². The van der Waals surface area contributed by atoms with Gasteiger partial charge in [-0.3, -0.25) is 4.79 Å². The van der Waals surface area contributed by atoms with Gasteiger partial charge in [-0.15, -0.1) is 0 Å². The van der Waals surface area contributed by atoms with Crippen molar-refractivity contribution in [2.45, 2.75) is 38.5 Å². The van der Waals surface area contributed by atoms with E-state index in [-0.39, 0.29) is 18.0 Å². The van der Waals surface area contributed by atoms with Gasteiger partial charge in [-0.05, 0) is 61.4 Å². The minimum Gasteiger partial charge on any atom is -0.346 e. The molecule has 7 rings (SSSR count). The van der Waals surface area contributed by atoms with E-state index >= 15 is 0 Å². The van der Waals surface area contributed by atoms with Gasteiger partial charge in [-0.25, -0.2) is 9.97 Å². The molecule has 0 aliphatic carbocycles. The van der Waals surface area contributed by atoms with Crippen molar-refractivity contribution >= 4 is 39.4 Å². The molecule has 0 unspecified atom stereocenters. The van der Waals surface area contributed by atoms with Gasteiger partial charge in [0.05, 0.1) is 24.2 Å². The Morgan fingerprint density at radius 3 is 2.76 bits per heavy atom. The third-order valence-corrected chi connectivity index (χ3v) is 8.45. The first-order valence-electron chi connectivity index (χ1n) is 13.8. The molecule has 0 radical (unpaired) electrons. The highest BCUT2D eigenvalue weighted by Gasteiger charge is 2.40. The Morgan fingerprint density at radius 2 is 1.93 bits per heavy atom. The number of carbonyl (C=O) groups is 1. The van der Waals surface area contributed by atoms with E-state index in [0.717, 1.165) is 45.4 Å². The van der Waals surface area contributed by atoms with E-state index in [0.29, 0.717) is 30.2 Å². The molecule has 6 aromatic rings. The summed E-state index contributed by atoms with van der Waals surface area (Å²) in [5.41, 5.74) is 11.9. The fourth-order valence-electron chi connectivity index (χ4n) is 6.21. The SMILES string of the molecule is Cc1ccc2c(c1)cc([C@H]1C[C@H](n3ccnc3CN)CN1C(=O)c1cnc3[nH]ccc3c1)n2Cc1ccc(Cl)cc1. The van der Waals surface area contributed by atoms with Gasteiger partial charge in [0.1, 0.15) is 11.5 Å². The summed E-state index contributed by atoms with van der Waals surface area (Å²) in [6.07, 6.45) is 8.00. The van der Waals surface area contributed by atoms with Gasteiger partial charge in [0.2, 0.25) is 0 Å². The number of pyridine rings is 1. The first-order chi connectivity index (χ1) is 20.0.